The first-order valence-corrected chi connectivity index (χ1v) is 14.3. The number of methoxy groups -OCH3 is 1. The number of hydrogen-bond donors (Lipinski definition) is 0. The second-order valence-corrected chi connectivity index (χ2v) is 13.2. The number of rotatable bonds is 5. The molecule has 0 aliphatic carbocycles. The number of aryl methyl sites for hydroxylation is 2. The first kappa shape index (κ1) is 22.4. The zero-order chi connectivity index (χ0) is 24.7. The molecule has 0 N–H and O–H groups in total. The van der Waals surface area contributed by atoms with Crippen molar-refractivity contribution in [3.05, 3.63) is 126 Å². The van der Waals surface area contributed by atoms with Crippen LogP contribution in [0.2, 0.25) is 0 Å². The van der Waals surface area contributed by atoms with E-state index in [9.17, 15) is 0 Å². The van der Waals surface area contributed by atoms with E-state index >= 15 is 0 Å². The summed E-state index contributed by atoms with van der Waals surface area (Å²) in [6, 6.07) is 41.3. The van der Waals surface area contributed by atoms with Gasteiger partial charge in [0.05, 0.1) is 7.11 Å². The van der Waals surface area contributed by atoms with Gasteiger partial charge < -0.3 is 9.47 Å². The van der Waals surface area contributed by atoms with Crippen molar-refractivity contribution in [2.24, 2.45) is 0 Å². The van der Waals surface area contributed by atoms with E-state index in [1.54, 1.807) is 7.11 Å². The van der Waals surface area contributed by atoms with Gasteiger partial charge in [0.25, 0.3) is 0 Å². The summed E-state index contributed by atoms with van der Waals surface area (Å²) in [6.07, 6.45) is 0. The summed E-state index contributed by atoms with van der Waals surface area (Å²) in [5.74, 6) is 2.64. The van der Waals surface area contributed by atoms with Crippen molar-refractivity contribution in [2.75, 3.05) is 7.11 Å². The molecule has 0 saturated heterocycles. The third-order valence-corrected chi connectivity index (χ3v) is 12.2. The van der Waals surface area contributed by atoms with Crippen LogP contribution in [-0.2, 0) is 0 Å². The van der Waals surface area contributed by atoms with Crippen molar-refractivity contribution >= 4 is 28.8 Å². The molecule has 0 fully saturated rings. The molecular weight excluding hydrogens is 456 g/mol. The van der Waals surface area contributed by atoms with Crippen LogP contribution in [0.4, 0.5) is 0 Å². The van der Waals surface area contributed by atoms with E-state index in [2.05, 4.69) is 98.8 Å². The van der Waals surface area contributed by atoms with Crippen LogP contribution < -0.4 is 30.2 Å². The number of benzene rings is 5. The lowest BCUT2D eigenvalue weighted by molar-refractivity contribution is 0.412. The molecule has 0 spiro atoms. The molecule has 0 aromatic heterocycles. The molecular formula is C33H28O2Si. The van der Waals surface area contributed by atoms with Crippen LogP contribution in [0.15, 0.2) is 115 Å². The summed E-state index contributed by atoms with van der Waals surface area (Å²) in [5.41, 5.74) is 4.77. The zero-order valence-electron chi connectivity index (χ0n) is 20.8. The molecule has 0 amide bonds. The van der Waals surface area contributed by atoms with Crippen LogP contribution in [0.5, 0.6) is 17.2 Å². The van der Waals surface area contributed by atoms with Crippen LogP contribution in [0.1, 0.15) is 11.1 Å². The molecule has 6 rings (SSSR count). The molecule has 176 valence electrons. The minimum Gasteiger partial charge on any atom is -0.496 e. The molecule has 1 aliphatic heterocycles. The van der Waals surface area contributed by atoms with Gasteiger partial charge in [-0.2, -0.15) is 0 Å². The normalized spacial score (nSPS) is 13.1. The first-order valence-electron chi connectivity index (χ1n) is 12.3. The van der Waals surface area contributed by atoms with Gasteiger partial charge >= 0.3 is 0 Å². The van der Waals surface area contributed by atoms with Crippen LogP contribution in [-0.4, -0.2) is 15.2 Å². The SMILES string of the molecule is COc1cc2c(cc1C)[Si](c1ccccc1)(c1ccccc1)c1cc(C)c(Oc3ccccc3)cc1-2. The molecule has 0 atom stereocenters. The lowest BCUT2D eigenvalue weighted by Crippen LogP contribution is -2.72. The van der Waals surface area contributed by atoms with Crippen molar-refractivity contribution in [3.8, 4) is 28.4 Å². The van der Waals surface area contributed by atoms with Crippen molar-refractivity contribution in [1.29, 1.82) is 0 Å². The summed E-state index contributed by atoms with van der Waals surface area (Å²) in [4.78, 5) is 0. The zero-order valence-corrected chi connectivity index (χ0v) is 21.8. The Balaban J connectivity index is 1.70. The first-order chi connectivity index (χ1) is 17.6. The van der Waals surface area contributed by atoms with Crippen molar-refractivity contribution in [2.45, 2.75) is 13.8 Å². The molecule has 0 bridgehead atoms. The Morgan fingerprint density at radius 3 is 1.47 bits per heavy atom. The van der Waals surface area contributed by atoms with Gasteiger partial charge in [-0.1, -0.05) is 91.0 Å². The Bertz CT molecular complexity index is 1500. The smallest absolute Gasteiger partial charge is 0.180 e. The second-order valence-electron chi connectivity index (χ2n) is 9.43. The van der Waals surface area contributed by atoms with Gasteiger partial charge in [0.2, 0.25) is 0 Å². The maximum absolute atomic E-state index is 6.39. The minimum absolute atomic E-state index is 0.842. The third kappa shape index (κ3) is 3.39. The molecule has 0 saturated carbocycles. The van der Waals surface area contributed by atoms with Crippen LogP contribution in [0.3, 0.4) is 0 Å². The summed E-state index contributed by atoms with van der Waals surface area (Å²) in [7, 11) is -0.798. The fourth-order valence-electron chi connectivity index (χ4n) is 5.70. The minimum atomic E-state index is -2.55. The van der Waals surface area contributed by atoms with Crippen LogP contribution >= 0.6 is 0 Å². The van der Waals surface area contributed by atoms with Crippen LogP contribution in [0.25, 0.3) is 11.1 Å². The predicted octanol–water partition coefficient (Wildman–Crippen LogP) is 5.46. The average molecular weight is 485 g/mol. The monoisotopic (exact) mass is 484 g/mol. The maximum atomic E-state index is 6.39. The van der Waals surface area contributed by atoms with Crippen molar-refractivity contribution in [3.63, 3.8) is 0 Å². The Hall–Kier alpha value is -4.08. The summed E-state index contributed by atoms with van der Waals surface area (Å²) < 4.78 is 12.2. The molecule has 5 aromatic carbocycles. The van der Waals surface area contributed by atoms with Gasteiger partial charge in [0.15, 0.2) is 8.07 Å². The third-order valence-electron chi connectivity index (χ3n) is 7.33. The topological polar surface area (TPSA) is 18.5 Å². The Morgan fingerprint density at radius 1 is 0.528 bits per heavy atom. The number of hydrogen-bond acceptors (Lipinski definition) is 2. The van der Waals surface area contributed by atoms with Crippen molar-refractivity contribution < 1.29 is 9.47 Å². The lowest BCUT2D eigenvalue weighted by Gasteiger charge is -2.32. The Morgan fingerprint density at radius 2 is 0.972 bits per heavy atom. The largest absolute Gasteiger partial charge is 0.496 e. The highest BCUT2D eigenvalue weighted by atomic mass is 28.3. The van der Waals surface area contributed by atoms with E-state index in [0.29, 0.717) is 0 Å². The average Bonchev–Trinajstić information content (AvgIpc) is 3.18. The summed E-state index contributed by atoms with van der Waals surface area (Å²) in [5, 5.41) is 5.58. The van der Waals surface area contributed by atoms with Crippen molar-refractivity contribution in [1.82, 2.24) is 0 Å². The highest BCUT2D eigenvalue weighted by Crippen LogP contribution is 2.37. The quantitative estimate of drug-likeness (QED) is 0.303. The van der Waals surface area contributed by atoms with E-state index in [-0.39, 0.29) is 0 Å². The molecule has 1 aliphatic rings. The molecule has 0 radical (unpaired) electrons. The second kappa shape index (κ2) is 8.85. The molecule has 36 heavy (non-hydrogen) atoms. The van der Waals surface area contributed by atoms with Gasteiger partial charge in [0, 0.05) is 0 Å². The van der Waals surface area contributed by atoms with Crippen LogP contribution in [0, 0.1) is 13.8 Å². The highest BCUT2D eigenvalue weighted by molar-refractivity contribution is 7.22. The fourth-order valence-corrected chi connectivity index (χ4v) is 11.0. The van der Waals surface area contributed by atoms with E-state index in [0.717, 1.165) is 28.4 Å². The molecule has 1 heterocycles. The van der Waals surface area contributed by atoms with Gasteiger partial charge in [-0.15, -0.1) is 0 Å². The predicted molar refractivity (Wildman–Crippen MR) is 152 cm³/mol. The van der Waals surface area contributed by atoms with Gasteiger partial charge in [-0.25, -0.2) is 0 Å². The molecule has 3 heteroatoms. The lowest BCUT2D eigenvalue weighted by atomic mass is 10.0. The summed E-state index contributed by atoms with van der Waals surface area (Å²) >= 11 is 0. The number of ether oxygens (including phenoxy) is 2. The summed E-state index contributed by atoms with van der Waals surface area (Å²) in [6.45, 7) is 4.30. The van der Waals surface area contributed by atoms with Gasteiger partial charge in [-0.3, -0.25) is 0 Å². The Labute approximate surface area is 213 Å². The maximum Gasteiger partial charge on any atom is 0.180 e. The van der Waals surface area contributed by atoms with E-state index in [4.69, 9.17) is 9.47 Å². The van der Waals surface area contributed by atoms with E-state index < -0.39 is 8.07 Å². The van der Waals surface area contributed by atoms with E-state index in [1.807, 2.05) is 30.3 Å². The van der Waals surface area contributed by atoms with E-state index in [1.165, 1.54) is 31.9 Å². The van der Waals surface area contributed by atoms with Gasteiger partial charge in [-0.05, 0) is 81.1 Å². The molecule has 0 unspecified atom stereocenters. The highest BCUT2D eigenvalue weighted by Gasteiger charge is 2.49. The number of para-hydroxylation sites is 1. The Kier molecular flexibility index (Phi) is 5.50. The molecule has 5 aromatic rings. The molecule has 2 nitrogen and oxygen atoms in total. The number of fused-ring (bicyclic) bond motifs is 3. The fraction of sp³-hybridized carbons (Fsp3) is 0.0909. The van der Waals surface area contributed by atoms with Gasteiger partial charge in [0.1, 0.15) is 17.2 Å². The standard InChI is InChI=1S/C33H28O2Si/c1-23-19-32-28(21-30(23)34-3)29-22-31(35-25-13-7-4-8-14-25)24(2)20-33(29)36(32,26-15-9-5-10-16-26)27-17-11-6-12-18-27/h4-22H,1-3H3.